The molecular formula is C19H30N2O2. The Labute approximate surface area is 139 Å². The van der Waals surface area contributed by atoms with Gasteiger partial charge in [-0.05, 0) is 62.7 Å². The summed E-state index contributed by atoms with van der Waals surface area (Å²) in [6.45, 7) is 5.00. The summed E-state index contributed by atoms with van der Waals surface area (Å²) in [5.74, 6) is 3.14. The number of amides is 2. The van der Waals surface area contributed by atoms with Crippen molar-refractivity contribution >= 4 is 11.8 Å². The van der Waals surface area contributed by atoms with Gasteiger partial charge in [0.05, 0.1) is 5.41 Å². The number of hydrogen-bond donors (Lipinski definition) is 0. The highest BCUT2D eigenvalue weighted by atomic mass is 16.2. The van der Waals surface area contributed by atoms with Crippen LogP contribution in [-0.2, 0) is 9.59 Å². The van der Waals surface area contributed by atoms with Crippen molar-refractivity contribution in [2.24, 2.45) is 23.2 Å². The normalized spacial score (nSPS) is 38.9. The molecule has 4 bridgehead atoms. The molecule has 5 rings (SSSR count). The zero-order valence-electron chi connectivity index (χ0n) is 14.4. The summed E-state index contributed by atoms with van der Waals surface area (Å²) in [7, 11) is 0. The molecule has 128 valence electrons. The number of piperazine rings is 1. The molecule has 0 unspecified atom stereocenters. The van der Waals surface area contributed by atoms with Crippen molar-refractivity contribution in [2.45, 2.75) is 58.3 Å². The number of hydrogen-bond acceptors (Lipinski definition) is 2. The van der Waals surface area contributed by atoms with E-state index in [1.807, 2.05) is 11.8 Å². The van der Waals surface area contributed by atoms with Crippen LogP contribution in [-0.4, -0.2) is 47.8 Å². The Balaban J connectivity index is 1.40. The minimum Gasteiger partial charge on any atom is -0.339 e. The molecule has 1 saturated heterocycles. The van der Waals surface area contributed by atoms with Crippen molar-refractivity contribution in [3.8, 4) is 0 Å². The number of carbonyl (C=O) groups excluding carboxylic acids is 2. The van der Waals surface area contributed by atoms with Crippen LogP contribution in [0.5, 0.6) is 0 Å². The Bertz CT molecular complexity index is 458. The second-order valence-electron chi connectivity index (χ2n) is 8.62. The van der Waals surface area contributed by atoms with Gasteiger partial charge in [-0.3, -0.25) is 9.59 Å². The van der Waals surface area contributed by atoms with E-state index in [1.54, 1.807) is 0 Å². The van der Waals surface area contributed by atoms with Gasteiger partial charge in [0, 0.05) is 32.6 Å². The molecule has 0 aromatic rings. The molecule has 0 radical (unpaired) electrons. The average Bonchev–Trinajstić information content (AvgIpc) is 2.53. The lowest BCUT2D eigenvalue weighted by Gasteiger charge is -2.57. The highest BCUT2D eigenvalue weighted by Crippen LogP contribution is 2.60. The summed E-state index contributed by atoms with van der Waals surface area (Å²) in [6.07, 6.45) is 9.13. The van der Waals surface area contributed by atoms with Gasteiger partial charge < -0.3 is 9.80 Å². The van der Waals surface area contributed by atoms with E-state index in [-0.39, 0.29) is 11.3 Å². The smallest absolute Gasteiger partial charge is 0.228 e. The van der Waals surface area contributed by atoms with Crippen LogP contribution in [0.3, 0.4) is 0 Å². The molecule has 5 aliphatic rings. The van der Waals surface area contributed by atoms with Gasteiger partial charge in [0.15, 0.2) is 0 Å². The lowest BCUT2D eigenvalue weighted by molar-refractivity contribution is -0.160. The van der Waals surface area contributed by atoms with E-state index in [4.69, 9.17) is 0 Å². The van der Waals surface area contributed by atoms with Gasteiger partial charge >= 0.3 is 0 Å². The van der Waals surface area contributed by atoms with Crippen LogP contribution >= 0.6 is 0 Å². The molecule has 0 N–H and O–H groups in total. The van der Waals surface area contributed by atoms with Crippen LogP contribution in [0.4, 0.5) is 0 Å². The zero-order valence-corrected chi connectivity index (χ0v) is 14.4. The van der Waals surface area contributed by atoms with Crippen LogP contribution in [0.1, 0.15) is 58.3 Å². The topological polar surface area (TPSA) is 40.6 Å². The summed E-state index contributed by atoms with van der Waals surface area (Å²) in [4.78, 5) is 29.3. The minimum atomic E-state index is -0.0235. The first kappa shape index (κ1) is 15.5. The number of rotatable bonds is 3. The summed E-state index contributed by atoms with van der Waals surface area (Å²) in [5.41, 5.74) is -0.0235. The van der Waals surface area contributed by atoms with Crippen LogP contribution in [0.25, 0.3) is 0 Å². The first-order chi connectivity index (χ1) is 11.1. The van der Waals surface area contributed by atoms with E-state index >= 15 is 0 Å². The van der Waals surface area contributed by atoms with Crippen molar-refractivity contribution in [3.63, 3.8) is 0 Å². The first-order valence-electron chi connectivity index (χ1n) is 9.67. The largest absolute Gasteiger partial charge is 0.339 e. The molecule has 0 aromatic heterocycles. The van der Waals surface area contributed by atoms with E-state index in [9.17, 15) is 9.59 Å². The maximum absolute atomic E-state index is 13.3. The fourth-order valence-corrected chi connectivity index (χ4v) is 6.24. The molecule has 23 heavy (non-hydrogen) atoms. The lowest BCUT2D eigenvalue weighted by Crippen LogP contribution is -2.58. The minimum absolute atomic E-state index is 0.0235. The molecule has 0 atom stereocenters. The molecule has 1 heterocycles. The molecule has 1 aliphatic heterocycles. The Morgan fingerprint density at radius 3 is 1.83 bits per heavy atom. The van der Waals surface area contributed by atoms with Crippen LogP contribution in [0.15, 0.2) is 0 Å². The summed E-state index contributed by atoms with van der Waals surface area (Å²) in [5, 5.41) is 0. The Morgan fingerprint density at radius 1 is 0.870 bits per heavy atom. The average molecular weight is 318 g/mol. The van der Waals surface area contributed by atoms with Gasteiger partial charge in [-0.15, -0.1) is 0 Å². The zero-order chi connectivity index (χ0) is 16.0. The fraction of sp³-hybridized carbons (Fsp3) is 0.895. The van der Waals surface area contributed by atoms with E-state index in [0.717, 1.165) is 69.6 Å². The molecule has 2 amide bonds. The highest BCUT2D eigenvalue weighted by molar-refractivity contribution is 5.84. The van der Waals surface area contributed by atoms with Gasteiger partial charge in [0.25, 0.3) is 0 Å². The maximum Gasteiger partial charge on any atom is 0.228 e. The second kappa shape index (κ2) is 5.78. The van der Waals surface area contributed by atoms with Crippen molar-refractivity contribution in [1.29, 1.82) is 0 Å². The number of nitrogens with zero attached hydrogens (tertiary/aromatic N) is 2. The monoisotopic (exact) mass is 318 g/mol. The Morgan fingerprint density at radius 2 is 1.35 bits per heavy atom. The molecule has 0 spiro atoms. The highest BCUT2D eigenvalue weighted by Gasteiger charge is 2.55. The molecule has 5 fully saturated rings. The van der Waals surface area contributed by atoms with Gasteiger partial charge in [0.2, 0.25) is 11.8 Å². The molecule has 4 heteroatoms. The van der Waals surface area contributed by atoms with E-state index in [0.29, 0.717) is 12.3 Å². The fourth-order valence-electron chi connectivity index (χ4n) is 6.24. The lowest BCUT2D eigenvalue weighted by atomic mass is 9.49. The third-order valence-electron chi connectivity index (χ3n) is 6.88. The van der Waals surface area contributed by atoms with Gasteiger partial charge in [-0.2, -0.15) is 0 Å². The van der Waals surface area contributed by atoms with Crippen LogP contribution in [0.2, 0.25) is 0 Å². The van der Waals surface area contributed by atoms with Gasteiger partial charge in [-0.1, -0.05) is 6.92 Å². The third kappa shape index (κ3) is 2.68. The van der Waals surface area contributed by atoms with E-state index in [1.165, 1.54) is 19.3 Å². The Kier molecular flexibility index (Phi) is 3.89. The molecule has 4 saturated carbocycles. The van der Waals surface area contributed by atoms with Crippen molar-refractivity contribution in [2.75, 3.05) is 26.2 Å². The predicted octanol–water partition coefficient (Wildman–Crippen LogP) is 2.67. The summed E-state index contributed by atoms with van der Waals surface area (Å²) in [6, 6.07) is 0. The van der Waals surface area contributed by atoms with Gasteiger partial charge in [0.1, 0.15) is 0 Å². The third-order valence-corrected chi connectivity index (χ3v) is 6.88. The van der Waals surface area contributed by atoms with Crippen molar-refractivity contribution in [3.05, 3.63) is 0 Å². The van der Waals surface area contributed by atoms with E-state index in [2.05, 4.69) is 4.90 Å². The standard InChI is InChI=1S/C19H30N2O2/c1-2-3-17(22)20-4-6-21(7-5-20)18(23)19-11-14-8-15(12-19)10-16(9-14)13-19/h14-16H,2-13H2,1H3. The van der Waals surface area contributed by atoms with Crippen molar-refractivity contribution in [1.82, 2.24) is 9.80 Å². The first-order valence-corrected chi connectivity index (χ1v) is 9.67. The quantitative estimate of drug-likeness (QED) is 0.803. The van der Waals surface area contributed by atoms with Gasteiger partial charge in [-0.25, -0.2) is 0 Å². The van der Waals surface area contributed by atoms with Crippen LogP contribution < -0.4 is 0 Å². The Hall–Kier alpha value is -1.06. The molecule has 0 aromatic carbocycles. The van der Waals surface area contributed by atoms with Crippen LogP contribution in [0, 0.1) is 23.2 Å². The number of carbonyl (C=O) groups is 2. The second-order valence-corrected chi connectivity index (χ2v) is 8.62. The summed E-state index contributed by atoms with van der Waals surface area (Å²) >= 11 is 0. The van der Waals surface area contributed by atoms with E-state index < -0.39 is 0 Å². The molecular weight excluding hydrogens is 288 g/mol. The summed E-state index contributed by atoms with van der Waals surface area (Å²) < 4.78 is 0. The predicted molar refractivity (Wildman–Crippen MR) is 88.7 cm³/mol. The van der Waals surface area contributed by atoms with Crippen molar-refractivity contribution < 1.29 is 9.59 Å². The maximum atomic E-state index is 13.3. The SMILES string of the molecule is CCCC(=O)N1CCN(C(=O)C23CC4CC(CC(C4)C2)C3)CC1. The molecule has 4 aliphatic carbocycles. The molecule has 4 nitrogen and oxygen atoms in total.